The van der Waals surface area contributed by atoms with Gasteiger partial charge in [0.2, 0.25) is 5.91 Å². The molecule has 0 bridgehead atoms. The number of carbonyl (C=O) groups excluding carboxylic acids is 3. The third kappa shape index (κ3) is 2.23. The van der Waals surface area contributed by atoms with Gasteiger partial charge >= 0.3 is 0 Å². The first-order chi connectivity index (χ1) is 8.08. The Morgan fingerprint density at radius 1 is 1.18 bits per heavy atom. The van der Waals surface area contributed by atoms with Gasteiger partial charge < -0.3 is 5.32 Å². The van der Waals surface area contributed by atoms with E-state index in [1.54, 1.807) is 24.3 Å². The highest BCUT2D eigenvalue weighted by Crippen LogP contribution is 2.22. The molecule has 1 N–H and O–H groups in total. The summed E-state index contributed by atoms with van der Waals surface area (Å²) in [6.45, 7) is 1.39. The van der Waals surface area contributed by atoms with Crippen molar-refractivity contribution in [2.24, 2.45) is 0 Å². The van der Waals surface area contributed by atoms with E-state index in [0.29, 0.717) is 11.4 Å². The fourth-order valence-corrected chi connectivity index (χ4v) is 1.58. The first-order valence-corrected chi connectivity index (χ1v) is 5.02. The molecule has 86 valence electrons. The van der Waals surface area contributed by atoms with E-state index >= 15 is 0 Å². The molecule has 0 aliphatic carbocycles. The van der Waals surface area contributed by atoms with E-state index in [1.165, 1.54) is 19.1 Å². The number of hydrogen-bond donors (Lipinski definition) is 1. The third-order valence-corrected chi connectivity index (χ3v) is 2.23. The molecule has 1 heterocycles. The fourth-order valence-electron chi connectivity index (χ4n) is 1.58. The number of benzene rings is 1. The van der Waals surface area contributed by atoms with E-state index < -0.39 is 0 Å². The van der Waals surface area contributed by atoms with Crippen molar-refractivity contribution in [2.75, 3.05) is 10.2 Å². The molecule has 2 rings (SSSR count). The van der Waals surface area contributed by atoms with Crippen molar-refractivity contribution in [3.63, 3.8) is 0 Å². The highest BCUT2D eigenvalue weighted by molar-refractivity contribution is 6.28. The summed E-state index contributed by atoms with van der Waals surface area (Å²) in [4.78, 5) is 34.8. The number of nitrogens with one attached hydrogen (secondary N) is 1. The topological polar surface area (TPSA) is 66.5 Å². The molecule has 1 aliphatic heterocycles. The van der Waals surface area contributed by atoms with Crippen LogP contribution in [0.15, 0.2) is 36.4 Å². The smallest absolute Gasteiger partial charge is 0.258 e. The van der Waals surface area contributed by atoms with Gasteiger partial charge in [0.05, 0.1) is 5.69 Å². The minimum absolute atomic E-state index is 0.209. The van der Waals surface area contributed by atoms with Gasteiger partial charge in [0, 0.05) is 24.8 Å². The quantitative estimate of drug-likeness (QED) is 0.773. The summed E-state index contributed by atoms with van der Waals surface area (Å²) in [6, 6.07) is 6.56. The van der Waals surface area contributed by atoms with Crippen molar-refractivity contribution in [1.82, 2.24) is 0 Å². The number of imide groups is 1. The van der Waals surface area contributed by atoms with Gasteiger partial charge in [0.15, 0.2) is 0 Å². The molecule has 0 unspecified atom stereocenters. The van der Waals surface area contributed by atoms with E-state index in [4.69, 9.17) is 0 Å². The second-order valence-electron chi connectivity index (χ2n) is 3.58. The van der Waals surface area contributed by atoms with Crippen LogP contribution in [0.1, 0.15) is 6.92 Å². The number of hydrogen-bond acceptors (Lipinski definition) is 3. The molecule has 0 fully saturated rings. The van der Waals surface area contributed by atoms with Gasteiger partial charge in [-0.1, -0.05) is 6.07 Å². The minimum atomic E-state index is -0.380. The summed E-state index contributed by atoms with van der Waals surface area (Å²) in [5.41, 5.74) is 0.985. The normalized spacial score (nSPS) is 14.3. The summed E-state index contributed by atoms with van der Waals surface area (Å²) in [7, 11) is 0. The van der Waals surface area contributed by atoms with E-state index in [1.807, 2.05) is 0 Å². The highest BCUT2D eigenvalue weighted by Gasteiger charge is 2.25. The number of carbonyl (C=O) groups is 3. The van der Waals surface area contributed by atoms with Crippen LogP contribution < -0.4 is 10.2 Å². The second-order valence-corrected chi connectivity index (χ2v) is 3.58. The molecule has 0 spiro atoms. The lowest BCUT2D eigenvalue weighted by Gasteiger charge is -2.14. The highest BCUT2D eigenvalue weighted by atomic mass is 16.2. The van der Waals surface area contributed by atoms with Crippen LogP contribution in [0.25, 0.3) is 0 Å². The molecule has 0 saturated heterocycles. The van der Waals surface area contributed by atoms with Crippen LogP contribution in [0.3, 0.4) is 0 Å². The van der Waals surface area contributed by atoms with Crippen LogP contribution in [0.5, 0.6) is 0 Å². The zero-order valence-corrected chi connectivity index (χ0v) is 9.14. The van der Waals surface area contributed by atoms with Crippen LogP contribution in [0.4, 0.5) is 11.4 Å². The maximum atomic E-state index is 11.4. The summed E-state index contributed by atoms with van der Waals surface area (Å²) in [5.74, 6) is -0.968. The molecule has 0 aromatic heterocycles. The lowest BCUT2D eigenvalue weighted by atomic mass is 10.2. The Morgan fingerprint density at radius 2 is 1.82 bits per heavy atom. The molecule has 1 aliphatic rings. The molecule has 0 saturated carbocycles. The molecule has 0 atom stereocenters. The van der Waals surface area contributed by atoms with E-state index in [2.05, 4.69) is 5.32 Å². The van der Waals surface area contributed by atoms with Gasteiger partial charge in [-0.15, -0.1) is 0 Å². The Hall–Kier alpha value is -2.43. The van der Waals surface area contributed by atoms with Gasteiger partial charge in [-0.2, -0.15) is 0 Å². The molecule has 5 heteroatoms. The van der Waals surface area contributed by atoms with Crippen molar-refractivity contribution in [3.8, 4) is 0 Å². The number of amides is 3. The maximum Gasteiger partial charge on any atom is 0.258 e. The largest absolute Gasteiger partial charge is 0.326 e. The fraction of sp³-hybridized carbons (Fsp3) is 0.0833. The van der Waals surface area contributed by atoms with Crippen LogP contribution in [0.2, 0.25) is 0 Å². The Labute approximate surface area is 97.7 Å². The van der Waals surface area contributed by atoms with Gasteiger partial charge in [-0.25, -0.2) is 4.90 Å². The molecule has 5 nitrogen and oxygen atoms in total. The van der Waals surface area contributed by atoms with Gasteiger partial charge in [-0.05, 0) is 18.2 Å². The summed E-state index contributed by atoms with van der Waals surface area (Å²) >= 11 is 0. The Morgan fingerprint density at radius 3 is 2.41 bits per heavy atom. The van der Waals surface area contributed by atoms with Crippen molar-refractivity contribution < 1.29 is 14.4 Å². The number of rotatable bonds is 2. The molecule has 0 radical (unpaired) electrons. The summed E-state index contributed by atoms with van der Waals surface area (Å²) < 4.78 is 0. The van der Waals surface area contributed by atoms with Crippen molar-refractivity contribution in [1.29, 1.82) is 0 Å². The lowest BCUT2D eigenvalue weighted by Crippen LogP contribution is -2.29. The second kappa shape index (κ2) is 4.21. The van der Waals surface area contributed by atoms with E-state index in [0.717, 1.165) is 4.90 Å². The average molecular weight is 230 g/mol. The first-order valence-electron chi connectivity index (χ1n) is 5.02. The first kappa shape index (κ1) is 11.1. The molecule has 3 amide bonds. The monoisotopic (exact) mass is 230 g/mol. The Bertz CT molecular complexity index is 516. The van der Waals surface area contributed by atoms with Gasteiger partial charge in [-0.3, -0.25) is 14.4 Å². The van der Waals surface area contributed by atoms with Crippen LogP contribution in [-0.2, 0) is 14.4 Å². The summed E-state index contributed by atoms with van der Waals surface area (Å²) in [6.07, 6.45) is 2.43. The minimum Gasteiger partial charge on any atom is -0.326 e. The number of nitrogens with zero attached hydrogens (tertiary/aromatic N) is 1. The SMILES string of the molecule is CC(=O)Nc1cccc(N2C(=O)C=CC2=O)c1. The zero-order chi connectivity index (χ0) is 12.4. The Kier molecular flexibility index (Phi) is 2.74. The predicted molar refractivity (Wildman–Crippen MR) is 62.4 cm³/mol. The standard InChI is InChI=1S/C12H10N2O3/c1-8(15)13-9-3-2-4-10(7-9)14-11(16)5-6-12(14)17/h2-7H,1H3,(H,13,15). The van der Waals surface area contributed by atoms with Crippen LogP contribution >= 0.6 is 0 Å². The van der Waals surface area contributed by atoms with Gasteiger partial charge in [0.25, 0.3) is 11.8 Å². The van der Waals surface area contributed by atoms with E-state index in [-0.39, 0.29) is 17.7 Å². The molecular formula is C12H10N2O3. The van der Waals surface area contributed by atoms with Crippen LogP contribution in [-0.4, -0.2) is 17.7 Å². The Balaban J connectivity index is 2.30. The number of anilines is 2. The van der Waals surface area contributed by atoms with E-state index in [9.17, 15) is 14.4 Å². The molecule has 1 aromatic rings. The van der Waals surface area contributed by atoms with Crippen molar-refractivity contribution >= 4 is 29.1 Å². The molecule has 17 heavy (non-hydrogen) atoms. The molecule has 1 aromatic carbocycles. The van der Waals surface area contributed by atoms with Crippen molar-refractivity contribution in [3.05, 3.63) is 36.4 Å². The van der Waals surface area contributed by atoms with Gasteiger partial charge in [0.1, 0.15) is 0 Å². The van der Waals surface area contributed by atoms with Crippen LogP contribution in [0, 0.1) is 0 Å². The zero-order valence-electron chi connectivity index (χ0n) is 9.14. The third-order valence-electron chi connectivity index (χ3n) is 2.23. The lowest BCUT2D eigenvalue weighted by molar-refractivity contribution is -0.120. The van der Waals surface area contributed by atoms with Crippen molar-refractivity contribution in [2.45, 2.75) is 6.92 Å². The average Bonchev–Trinajstić information content (AvgIpc) is 2.58. The summed E-state index contributed by atoms with van der Waals surface area (Å²) in [5, 5.41) is 2.59. The maximum absolute atomic E-state index is 11.4. The predicted octanol–water partition coefficient (Wildman–Crippen LogP) is 1.07. The molecular weight excluding hydrogens is 220 g/mol.